The average Bonchev–Trinajstić information content (AvgIpc) is 2.48. The van der Waals surface area contributed by atoms with Crippen LogP contribution in [0.4, 0.5) is 0 Å². The summed E-state index contributed by atoms with van der Waals surface area (Å²) < 4.78 is 25.7. The van der Waals surface area contributed by atoms with Crippen molar-refractivity contribution in [3.8, 4) is 0 Å². The zero-order chi connectivity index (χ0) is 17.0. The van der Waals surface area contributed by atoms with E-state index in [1.807, 2.05) is 20.8 Å². The van der Waals surface area contributed by atoms with E-state index in [4.69, 9.17) is 0 Å². The Kier molecular flexibility index (Phi) is 11.3. The Balaban J connectivity index is 4.50. The Morgan fingerprint density at radius 3 is 2.09 bits per heavy atom. The molecule has 0 aromatic carbocycles. The van der Waals surface area contributed by atoms with Crippen LogP contribution in [0.1, 0.15) is 47.5 Å². The van der Waals surface area contributed by atoms with Crippen molar-refractivity contribution < 1.29 is 8.42 Å². The van der Waals surface area contributed by atoms with Gasteiger partial charge in [0.05, 0.1) is 5.75 Å². The Bertz CT molecular complexity index is 402. The van der Waals surface area contributed by atoms with Gasteiger partial charge in [-0.15, -0.1) is 0 Å². The van der Waals surface area contributed by atoms with Crippen LogP contribution in [0.5, 0.6) is 0 Å². The van der Waals surface area contributed by atoms with Gasteiger partial charge in [0.25, 0.3) is 0 Å². The molecule has 22 heavy (non-hydrogen) atoms. The predicted octanol–water partition coefficient (Wildman–Crippen LogP) is 1.65. The normalized spacial score (nSPS) is 13.0. The molecule has 0 amide bonds. The van der Waals surface area contributed by atoms with E-state index in [2.05, 4.69) is 29.5 Å². The van der Waals surface area contributed by atoms with Crippen LogP contribution in [-0.2, 0) is 10.0 Å². The topological polar surface area (TPSA) is 73.8 Å². The highest BCUT2D eigenvalue weighted by molar-refractivity contribution is 7.89. The SMILES string of the molecule is CCNC(=NCC(CC)CC)NCCS(=O)(=O)N(CC)CC. The summed E-state index contributed by atoms with van der Waals surface area (Å²) in [6, 6.07) is 0. The number of guanidine groups is 1. The van der Waals surface area contributed by atoms with Crippen LogP contribution >= 0.6 is 0 Å². The summed E-state index contributed by atoms with van der Waals surface area (Å²) in [5, 5.41) is 6.28. The number of nitrogens with zero attached hydrogens (tertiary/aromatic N) is 2. The van der Waals surface area contributed by atoms with Crippen molar-refractivity contribution in [1.29, 1.82) is 0 Å². The molecule has 0 aliphatic heterocycles. The lowest BCUT2D eigenvalue weighted by atomic mass is 10.0. The van der Waals surface area contributed by atoms with E-state index in [9.17, 15) is 8.42 Å². The van der Waals surface area contributed by atoms with E-state index in [0.29, 0.717) is 31.5 Å². The number of sulfonamides is 1. The minimum atomic E-state index is -3.19. The average molecular weight is 335 g/mol. The second-order valence-corrected chi connectivity index (χ2v) is 7.32. The largest absolute Gasteiger partial charge is 0.357 e. The monoisotopic (exact) mass is 334 g/mol. The minimum absolute atomic E-state index is 0.0874. The van der Waals surface area contributed by atoms with Crippen molar-refractivity contribution in [3.05, 3.63) is 0 Å². The maximum atomic E-state index is 12.1. The zero-order valence-electron chi connectivity index (χ0n) is 14.9. The lowest BCUT2D eigenvalue weighted by molar-refractivity contribution is 0.445. The molecule has 0 unspecified atom stereocenters. The van der Waals surface area contributed by atoms with Crippen LogP contribution < -0.4 is 10.6 Å². The van der Waals surface area contributed by atoms with Gasteiger partial charge in [0.2, 0.25) is 10.0 Å². The summed E-state index contributed by atoms with van der Waals surface area (Å²) in [6.45, 7) is 13.0. The van der Waals surface area contributed by atoms with Crippen molar-refractivity contribution in [1.82, 2.24) is 14.9 Å². The van der Waals surface area contributed by atoms with Crippen LogP contribution in [0.15, 0.2) is 4.99 Å². The molecule has 0 aliphatic carbocycles. The number of hydrogen-bond acceptors (Lipinski definition) is 3. The smallest absolute Gasteiger partial charge is 0.215 e. The van der Waals surface area contributed by atoms with Gasteiger partial charge in [-0.25, -0.2) is 12.7 Å². The molecule has 0 aromatic rings. The Morgan fingerprint density at radius 2 is 1.64 bits per heavy atom. The summed E-state index contributed by atoms with van der Waals surface area (Å²) in [7, 11) is -3.19. The third-order valence-electron chi connectivity index (χ3n) is 3.76. The Labute approximate surface area is 136 Å². The van der Waals surface area contributed by atoms with Gasteiger partial charge in [0, 0.05) is 32.7 Å². The summed E-state index contributed by atoms with van der Waals surface area (Å²) in [5.74, 6) is 1.36. The van der Waals surface area contributed by atoms with Crippen LogP contribution in [-0.4, -0.2) is 57.2 Å². The quantitative estimate of drug-likeness (QED) is 0.445. The molecule has 6 nitrogen and oxygen atoms in total. The van der Waals surface area contributed by atoms with Gasteiger partial charge in [0.1, 0.15) is 0 Å². The number of nitrogens with one attached hydrogen (secondary N) is 2. The molecule has 0 saturated heterocycles. The molecule has 132 valence electrons. The number of rotatable bonds is 11. The summed E-state index contributed by atoms with van der Waals surface area (Å²) in [6.07, 6.45) is 2.21. The Morgan fingerprint density at radius 1 is 1.05 bits per heavy atom. The third kappa shape index (κ3) is 7.98. The number of aliphatic imine (C=N–C) groups is 1. The molecular formula is C15H34N4O2S. The van der Waals surface area contributed by atoms with Crippen molar-refractivity contribution in [2.24, 2.45) is 10.9 Å². The number of hydrogen-bond donors (Lipinski definition) is 2. The lowest BCUT2D eigenvalue weighted by Crippen LogP contribution is -2.42. The van der Waals surface area contributed by atoms with E-state index in [0.717, 1.165) is 25.9 Å². The van der Waals surface area contributed by atoms with Gasteiger partial charge in [-0.2, -0.15) is 0 Å². The first kappa shape index (κ1) is 21.2. The molecule has 0 bridgehead atoms. The van der Waals surface area contributed by atoms with Crippen LogP contribution in [0, 0.1) is 5.92 Å². The van der Waals surface area contributed by atoms with Gasteiger partial charge >= 0.3 is 0 Å². The molecule has 0 aliphatic rings. The fraction of sp³-hybridized carbons (Fsp3) is 0.933. The second kappa shape index (κ2) is 11.7. The van der Waals surface area contributed by atoms with E-state index in [-0.39, 0.29) is 5.75 Å². The molecule has 2 N–H and O–H groups in total. The maximum absolute atomic E-state index is 12.1. The highest BCUT2D eigenvalue weighted by Gasteiger charge is 2.18. The summed E-state index contributed by atoms with van der Waals surface area (Å²) in [5.41, 5.74) is 0. The summed E-state index contributed by atoms with van der Waals surface area (Å²) in [4.78, 5) is 4.55. The summed E-state index contributed by atoms with van der Waals surface area (Å²) >= 11 is 0. The minimum Gasteiger partial charge on any atom is -0.357 e. The highest BCUT2D eigenvalue weighted by atomic mass is 32.2. The molecular weight excluding hydrogens is 300 g/mol. The van der Waals surface area contributed by atoms with Crippen molar-refractivity contribution in [2.45, 2.75) is 47.5 Å². The lowest BCUT2D eigenvalue weighted by Gasteiger charge is -2.19. The molecule has 0 spiro atoms. The molecule has 0 fully saturated rings. The first-order valence-corrected chi connectivity index (χ1v) is 10.1. The predicted molar refractivity (Wildman–Crippen MR) is 94.8 cm³/mol. The van der Waals surface area contributed by atoms with Gasteiger partial charge in [-0.1, -0.05) is 40.5 Å². The molecule has 0 rings (SSSR count). The van der Waals surface area contributed by atoms with E-state index < -0.39 is 10.0 Å². The van der Waals surface area contributed by atoms with Crippen molar-refractivity contribution in [2.75, 3.05) is 38.5 Å². The molecule has 7 heteroatoms. The molecule has 0 saturated carbocycles. The highest BCUT2D eigenvalue weighted by Crippen LogP contribution is 2.07. The van der Waals surface area contributed by atoms with Crippen molar-refractivity contribution in [3.63, 3.8) is 0 Å². The molecule has 0 heterocycles. The molecule has 0 aromatic heterocycles. The van der Waals surface area contributed by atoms with Gasteiger partial charge in [0.15, 0.2) is 5.96 Å². The standard InChI is InChI=1S/C15H34N4O2S/c1-6-14(7-2)13-18-15(16-8-3)17-11-12-22(20,21)19(9-4)10-5/h14H,6-13H2,1-5H3,(H2,16,17,18). The van der Waals surface area contributed by atoms with Crippen LogP contribution in [0.2, 0.25) is 0 Å². The van der Waals surface area contributed by atoms with E-state index >= 15 is 0 Å². The maximum Gasteiger partial charge on any atom is 0.215 e. The third-order valence-corrected chi connectivity index (χ3v) is 5.78. The van der Waals surface area contributed by atoms with Crippen LogP contribution in [0.3, 0.4) is 0 Å². The molecule has 0 atom stereocenters. The van der Waals surface area contributed by atoms with E-state index in [1.54, 1.807) is 0 Å². The van der Waals surface area contributed by atoms with Gasteiger partial charge in [-0.05, 0) is 12.8 Å². The first-order valence-electron chi connectivity index (χ1n) is 8.44. The van der Waals surface area contributed by atoms with Gasteiger partial charge in [-0.3, -0.25) is 4.99 Å². The van der Waals surface area contributed by atoms with E-state index in [1.165, 1.54) is 4.31 Å². The Hall–Kier alpha value is -0.820. The van der Waals surface area contributed by atoms with Crippen LogP contribution in [0.25, 0.3) is 0 Å². The van der Waals surface area contributed by atoms with Crippen molar-refractivity contribution >= 4 is 16.0 Å². The molecule has 0 radical (unpaired) electrons. The second-order valence-electron chi connectivity index (χ2n) is 5.23. The fourth-order valence-electron chi connectivity index (χ4n) is 2.15. The van der Waals surface area contributed by atoms with Gasteiger partial charge < -0.3 is 10.6 Å². The first-order chi connectivity index (χ1) is 10.4. The fourth-order valence-corrected chi connectivity index (χ4v) is 3.56. The zero-order valence-corrected chi connectivity index (χ0v) is 15.7.